The Hall–Kier alpha value is -2.37. The second-order valence-electron chi connectivity index (χ2n) is 5.64. The van der Waals surface area contributed by atoms with E-state index in [2.05, 4.69) is 0 Å². The number of carboxylic acids is 1. The molecule has 110 valence electrons. The maximum atomic E-state index is 12.5. The second-order valence-corrected chi connectivity index (χ2v) is 5.64. The quantitative estimate of drug-likeness (QED) is 0.826. The first-order valence-electron chi connectivity index (χ1n) is 6.88. The van der Waals surface area contributed by atoms with Crippen molar-refractivity contribution in [3.05, 3.63) is 35.4 Å². The third-order valence-corrected chi connectivity index (χ3v) is 4.28. The van der Waals surface area contributed by atoms with Gasteiger partial charge in [-0.2, -0.15) is 0 Å². The molecule has 1 aromatic carbocycles. The molecule has 6 heteroatoms. The fourth-order valence-electron chi connectivity index (χ4n) is 2.96. The van der Waals surface area contributed by atoms with Crippen LogP contribution in [0.15, 0.2) is 24.3 Å². The van der Waals surface area contributed by atoms with Crippen molar-refractivity contribution in [2.45, 2.75) is 25.4 Å². The molecule has 0 aromatic heterocycles. The number of hydrogen-bond donors (Lipinski definition) is 2. The zero-order chi connectivity index (χ0) is 15.1. The lowest BCUT2D eigenvalue weighted by atomic mass is 9.93. The molecular formula is C15H16N2O4. The molecule has 2 aliphatic rings. The van der Waals surface area contributed by atoms with Crippen LogP contribution in [-0.2, 0) is 27.3 Å². The van der Waals surface area contributed by atoms with Gasteiger partial charge in [0.15, 0.2) is 0 Å². The van der Waals surface area contributed by atoms with Crippen molar-refractivity contribution in [2.24, 2.45) is 17.6 Å². The summed E-state index contributed by atoms with van der Waals surface area (Å²) >= 11 is 0. The van der Waals surface area contributed by atoms with Gasteiger partial charge in [-0.25, -0.2) is 0 Å². The Morgan fingerprint density at radius 1 is 1.14 bits per heavy atom. The molecule has 1 aromatic rings. The van der Waals surface area contributed by atoms with Crippen molar-refractivity contribution >= 4 is 17.8 Å². The monoisotopic (exact) mass is 288 g/mol. The summed E-state index contributed by atoms with van der Waals surface area (Å²) < 4.78 is 0. The van der Waals surface area contributed by atoms with Gasteiger partial charge in [0, 0.05) is 13.0 Å². The van der Waals surface area contributed by atoms with E-state index in [-0.39, 0.29) is 5.91 Å². The molecular weight excluding hydrogens is 272 g/mol. The molecule has 0 saturated heterocycles. The van der Waals surface area contributed by atoms with Crippen LogP contribution in [0.2, 0.25) is 0 Å². The molecule has 1 fully saturated rings. The number of benzene rings is 1. The van der Waals surface area contributed by atoms with Gasteiger partial charge in [-0.05, 0) is 17.5 Å². The van der Waals surface area contributed by atoms with Crippen LogP contribution in [0, 0.1) is 11.8 Å². The number of amides is 2. The predicted octanol–water partition coefficient (Wildman–Crippen LogP) is 0.146. The zero-order valence-corrected chi connectivity index (χ0v) is 11.4. The topological polar surface area (TPSA) is 101 Å². The van der Waals surface area contributed by atoms with Crippen LogP contribution in [0.25, 0.3) is 0 Å². The number of hydrogen-bond acceptors (Lipinski definition) is 3. The minimum atomic E-state index is -0.957. The highest BCUT2D eigenvalue weighted by Crippen LogP contribution is 2.41. The standard InChI is InChI=1S/C15H16N2O4/c16-13(18)12-5-8-3-1-2-4-9(8)7-17(12)14(19)10-6-11(10)15(20)21/h1-4,10-12H,5-7H2,(H2,16,18)(H,20,21)/t10?,11?,12-/m0/s1. The Kier molecular flexibility index (Phi) is 3.16. The van der Waals surface area contributed by atoms with Gasteiger partial charge < -0.3 is 15.7 Å². The van der Waals surface area contributed by atoms with Crippen LogP contribution < -0.4 is 5.73 Å². The number of rotatable bonds is 3. The molecule has 6 nitrogen and oxygen atoms in total. The number of carbonyl (C=O) groups is 3. The van der Waals surface area contributed by atoms with Gasteiger partial charge in [0.05, 0.1) is 11.8 Å². The van der Waals surface area contributed by atoms with E-state index in [0.29, 0.717) is 19.4 Å². The van der Waals surface area contributed by atoms with E-state index < -0.39 is 29.8 Å². The lowest BCUT2D eigenvalue weighted by Crippen LogP contribution is -2.51. The normalized spacial score (nSPS) is 26.9. The molecule has 0 spiro atoms. The molecule has 0 radical (unpaired) electrons. The van der Waals surface area contributed by atoms with Crippen molar-refractivity contribution in [3.63, 3.8) is 0 Å². The van der Waals surface area contributed by atoms with E-state index in [4.69, 9.17) is 10.8 Å². The highest BCUT2D eigenvalue weighted by molar-refractivity contribution is 5.93. The molecule has 0 bridgehead atoms. The summed E-state index contributed by atoms with van der Waals surface area (Å²) in [4.78, 5) is 36.5. The Morgan fingerprint density at radius 2 is 1.81 bits per heavy atom. The molecule has 3 atom stereocenters. The Balaban J connectivity index is 1.85. The molecule has 1 saturated carbocycles. The van der Waals surface area contributed by atoms with Gasteiger partial charge in [0.25, 0.3) is 0 Å². The highest BCUT2D eigenvalue weighted by Gasteiger charge is 2.51. The van der Waals surface area contributed by atoms with Gasteiger partial charge in [-0.3, -0.25) is 14.4 Å². The second kappa shape index (κ2) is 4.87. The Bertz CT molecular complexity index is 628. The predicted molar refractivity (Wildman–Crippen MR) is 72.9 cm³/mol. The fraction of sp³-hybridized carbons (Fsp3) is 0.400. The van der Waals surface area contributed by atoms with E-state index in [9.17, 15) is 14.4 Å². The summed E-state index contributed by atoms with van der Waals surface area (Å²) in [5, 5.41) is 8.94. The minimum absolute atomic E-state index is 0.277. The largest absolute Gasteiger partial charge is 0.481 e. The number of carboxylic acid groups (broad SMARTS) is 1. The van der Waals surface area contributed by atoms with Crippen LogP contribution in [0.5, 0.6) is 0 Å². The molecule has 2 amide bonds. The van der Waals surface area contributed by atoms with Crippen LogP contribution in [0.1, 0.15) is 17.5 Å². The summed E-state index contributed by atoms with van der Waals surface area (Å²) in [6.45, 7) is 0.311. The average molecular weight is 288 g/mol. The van der Waals surface area contributed by atoms with E-state index in [1.165, 1.54) is 4.90 Å². The molecule has 21 heavy (non-hydrogen) atoms. The summed E-state index contributed by atoms with van der Waals surface area (Å²) in [5.74, 6) is -2.93. The first kappa shape index (κ1) is 13.6. The fourth-order valence-corrected chi connectivity index (χ4v) is 2.96. The zero-order valence-electron chi connectivity index (χ0n) is 11.4. The smallest absolute Gasteiger partial charge is 0.307 e. The van der Waals surface area contributed by atoms with Crippen LogP contribution >= 0.6 is 0 Å². The van der Waals surface area contributed by atoms with E-state index in [1.807, 2.05) is 24.3 Å². The van der Waals surface area contributed by atoms with E-state index in [0.717, 1.165) is 11.1 Å². The lowest BCUT2D eigenvalue weighted by molar-refractivity contribution is -0.145. The Morgan fingerprint density at radius 3 is 2.38 bits per heavy atom. The molecule has 1 heterocycles. The minimum Gasteiger partial charge on any atom is -0.481 e. The van der Waals surface area contributed by atoms with Gasteiger partial charge in [-0.15, -0.1) is 0 Å². The average Bonchev–Trinajstić information content (AvgIpc) is 3.25. The first-order valence-corrected chi connectivity index (χ1v) is 6.88. The first-order chi connectivity index (χ1) is 9.99. The van der Waals surface area contributed by atoms with Crippen molar-refractivity contribution < 1.29 is 19.5 Å². The lowest BCUT2D eigenvalue weighted by Gasteiger charge is -2.35. The third kappa shape index (κ3) is 2.37. The molecule has 3 N–H and O–H groups in total. The van der Waals surface area contributed by atoms with Crippen LogP contribution in [-0.4, -0.2) is 33.8 Å². The highest BCUT2D eigenvalue weighted by atomic mass is 16.4. The number of fused-ring (bicyclic) bond motifs is 1. The van der Waals surface area contributed by atoms with Crippen molar-refractivity contribution in [2.75, 3.05) is 0 Å². The number of aliphatic carboxylic acids is 1. The van der Waals surface area contributed by atoms with E-state index in [1.54, 1.807) is 0 Å². The molecule has 3 rings (SSSR count). The molecule has 2 unspecified atom stereocenters. The summed E-state index contributed by atoms with van der Waals surface area (Å²) in [6.07, 6.45) is 0.736. The number of primary amides is 1. The van der Waals surface area contributed by atoms with Gasteiger partial charge in [0.2, 0.25) is 11.8 Å². The maximum Gasteiger partial charge on any atom is 0.307 e. The van der Waals surface area contributed by atoms with Crippen molar-refractivity contribution in [1.29, 1.82) is 0 Å². The number of nitrogens with zero attached hydrogens (tertiary/aromatic N) is 1. The summed E-state index contributed by atoms with van der Waals surface area (Å²) in [5.41, 5.74) is 7.41. The molecule has 1 aliphatic heterocycles. The number of nitrogens with two attached hydrogens (primary N) is 1. The summed E-state index contributed by atoms with van der Waals surface area (Å²) in [7, 11) is 0. The third-order valence-electron chi connectivity index (χ3n) is 4.28. The SMILES string of the molecule is NC(=O)[C@@H]1Cc2ccccc2CN1C(=O)C1CC1C(=O)O. The van der Waals surface area contributed by atoms with Gasteiger partial charge >= 0.3 is 5.97 Å². The molecule has 1 aliphatic carbocycles. The van der Waals surface area contributed by atoms with Gasteiger partial charge in [0.1, 0.15) is 6.04 Å². The van der Waals surface area contributed by atoms with E-state index >= 15 is 0 Å². The van der Waals surface area contributed by atoms with Crippen molar-refractivity contribution in [3.8, 4) is 0 Å². The number of carbonyl (C=O) groups excluding carboxylic acids is 2. The van der Waals surface area contributed by atoms with Crippen LogP contribution in [0.3, 0.4) is 0 Å². The maximum absolute atomic E-state index is 12.5. The summed E-state index contributed by atoms with van der Waals surface area (Å²) in [6, 6.07) is 6.90. The van der Waals surface area contributed by atoms with Gasteiger partial charge in [-0.1, -0.05) is 24.3 Å². The Labute approximate surface area is 121 Å². The van der Waals surface area contributed by atoms with Crippen molar-refractivity contribution in [1.82, 2.24) is 4.90 Å². The van der Waals surface area contributed by atoms with Crippen LogP contribution in [0.4, 0.5) is 0 Å².